The number of nitrogens with one attached hydrogen (secondary N) is 1. The molecule has 1 atom stereocenters. The second-order valence-electron chi connectivity index (χ2n) is 3.63. The van der Waals surface area contributed by atoms with Gasteiger partial charge in [0.1, 0.15) is 12.0 Å². The summed E-state index contributed by atoms with van der Waals surface area (Å²) in [6.45, 7) is 2.09. The van der Waals surface area contributed by atoms with E-state index in [1.165, 1.54) is 0 Å². The lowest BCUT2D eigenvalue weighted by atomic mass is 10.3. The first kappa shape index (κ1) is 15.2. The molecule has 0 radical (unpaired) electrons. The van der Waals surface area contributed by atoms with E-state index in [9.17, 15) is 4.79 Å². The summed E-state index contributed by atoms with van der Waals surface area (Å²) in [5.41, 5.74) is 0. The highest BCUT2D eigenvalue weighted by Gasteiger charge is 2.05. The number of carbonyl (C=O) groups excluding carboxylic acids is 1. The van der Waals surface area contributed by atoms with Crippen LogP contribution in [0.2, 0.25) is 0 Å². The lowest BCUT2D eigenvalue weighted by molar-refractivity contribution is -0.120. The Labute approximate surface area is 118 Å². The monoisotopic (exact) mass is 281 g/mol. The van der Waals surface area contributed by atoms with Gasteiger partial charge in [0.15, 0.2) is 11.5 Å². The summed E-state index contributed by atoms with van der Waals surface area (Å²) in [5, 5.41) is 2.03. The molecule has 1 aromatic rings. The summed E-state index contributed by atoms with van der Waals surface area (Å²) in [4.78, 5) is 11.1. The summed E-state index contributed by atoms with van der Waals surface area (Å²) in [5.74, 6) is 6.63. The number of para-hydroxylation sites is 2. The van der Waals surface area contributed by atoms with Gasteiger partial charge in [0.05, 0.1) is 13.7 Å². The van der Waals surface area contributed by atoms with Crippen LogP contribution < -0.4 is 14.8 Å². The molecule has 0 aromatic heterocycles. The molecule has 0 bridgehead atoms. The van der Waals surface area contributed by atoms with Crippen LogP contribution in [0.1, 0.15) is 6.92 Å². The molecule has 1 rings (SSSR count). The molecule has 0 fully saturated rings. The Morgan fingerprint density at radius 2 is 2.05 bits per heavy atom. The average molecular weight is 282 g/mol. The smallest absolute Gasteiger partial charge is 0.238 e. The second-order valence-corrected chi connectivity index (χ2v) is 4.28. The van der Waals surface area contributed by atoms with Crippen LogP contribution in [0.3, 0.4) is 0 Å². The van der Waals surface area contributed by atoms with Gasteiger partial charge in [0.25, 0.3) is 0 Å². The molecule has 0 heterocycles. The third kappa shape index (κ3) is 5.54. The van der Waals surface area contributed by atoms with E-state index in [-0.39, 0.29) is 19.1 Å². The van der Waals surface area contributed by atoms with Gasteiger partial charge in [0.2, 0.25) is 5.91 Å². The topological polar surface area (TPSA) is 47.6 Å². The number of ether oxygens (including phenoxy) is 2. The van der Waals surface area contributed by atoms with Crippen LogP contribution >= 0.6 is 11.6 Å². The van der Waals surface area contributed by atoms with Gasteiger partial charge in [-0.1, -0.05) is 24.0 Å². The lowest BCUT2D eigenvalue weighted by Crippen LogP contribution is -2.29. The second kappa shape index (κ2) is 8.28. The number of hydrogen-bond acceptors (Lipinski definition) is 3. The summed E-state index contributed by atoms with van der Waals surface area (Å²) >= 11 is 5.58. The Morgan fingerprint density at radius 1 is 1.37 bits per heavy atom. The van der Waals surface area contributed by atoms with Crippen molar-refractivity contribution in [3.63, 3.8) is 0 Å². The SMILES string of the molecule is COc1ccccc1OCC#CCNC(=O)C(C)Cl. The Hall–Kier alpha value is -1.86. The van der Waals surface area contributed by atoms with Gasteiger partial charge in [-0.3, -0.25) is 4.79 Å². The Bertz CT molecular complexity index is 477. The van der Waals surface area contributed by atoms with Crippen molar-refractivity contribution in [3.8, 4) is 23.3 Å². The maximum atomic E-state index is 11.1. The van der Waals surface area contributed by atoms with Crippen LogP contribution in [-0.4, -0.2) is 31.5 Å². The molecular weight excluding hydrogens is 266 g/mol. The number of amides is 1. The van der Waals surface area contributed by atoms with E-state index in [1.807, 2.05) is 18.2 Å². The normalized spacial score (nSPS) is 10.9. The molecule has 0 saturated carbocycles. The minimum absolute atomic E-state index is 0.229. The molecular formula is C14H16ClNO3. The van der Waals surface area contributed by atoms with Crippen molar-refractivity contribution < 1.29 is 14.3 Å². The molecule has 1 unspecified atom stereocenters. The van der Waals surface area contributed by atoms with Crippen molar-refractivity contribution in [3.05, 3.63) is 24.3 Å². The average Bonchev–Trinajstić information content (AvgIpc) is 2.42. The van der Waals surface area contributed by atoms with Crippen molar-refractivity contribution in [2.24, 2.45) is 0 Å². The number of alkyl halides is 1. The minimum atomic E-state index is -0.549. The van der Waals surface area contributed by atoms with Crippen LogP contribution in [0, 0.1) is 11.8 Å². The molecule has 1 amide bonds. The predicted octanol–water partition coefficient (Wildman–Crippen LogP) is 1.82. The van der Waals surface area contributed by atoms with E-state index in [0.29, 0.717) is 11.5 Å². The highest BCUT2D eigenvalue weighted by Crippen LogP contribution is 2.25. The molecule has 102 valence electrons. The van der Waals surface area contributed by atoms with E-state index in [1.54, 1.807) is 20.1 Å². The van der Waals surface area contributed by atoms with Crippen molar-refractivity contribution in [2.75, 3.05) is 20.3 Å². The highest BCUT2D eigenvalue weighted by molar-refractivity contribution is 6.30. The zero-order valence-electron chi connectivity index (χ0n) is 10.9. The van der Waals surface area contributed by atoms with Crippen molar-refractivity contribution >= 4 is 17.5 Å². The molecule has 1 aromatic carbocycles. The summed E-state index contributed by atoms with van der Waals surface area (Å²) in [6.07, 6.45) is 0. The van der Waals surface area contributed by atoms with Crippen LogP contribution in [-0.2, 0) is 4.79 Å². The molecule has 4 nitrogen and oxygen atoms in total. The van der Waals surface area contributed by atoms with Crippen LogP contribution in [0.5, 0.6) is 11.5 Å². The van der Waals surface area contributed by atoms with Gasteiger partial charge in [-0.05, 0) is 19.1 Å². The van der Waals surface area contributed by atoms with Gasteiger partial charge in [-0.25, -0.2) is 0 Å². The van der Waals surface area contributed by atoms with Crippen LogP contribution in [0.15, 0.2) is 24.3 Å². The van der Waals surface area contributed by atoms with Gasteiger partial charge < -0.3 is 14.8 Å². The van der Waals surface area contributed by atoms with Gasteiger partial charge >= 0.3 is 0 Å². The molecule has 0 spiro atoms. The standard InChI is InChI=1S/C14H16ClNO3/c1-11(15)14(17)16-9-5-6-10-19-13-8-4-3-7-12(13)18-2/h3-4,7-8,11H,9-10H2,1-2H3,(H,16,17). The Morgan fingerprint density at radius 3 is 2.68 bits per heavy atom. The molecule has 0 aliphatic rings. The van der Waals surface area contributed by atoms with Crippen molar-refractivity contribution in [1.29, 1.82) is 0 Å². The zero-order chi connectivity index (χ0) is 14.1. The van der Waals surface area contributed by atoms with E-state index in [2.05, 4.69) is 17.2 Å². The first-order valence-electron chi connectivity index (χ1n) is 5.78. The summed E-state index contributed by atoms with van der Waals surface area (Å²) in [7, 11) is 1.58. The third-order valence-corrected chi connectivity index (χ3v) is 2.40. The van der Waals surface area contributed by atoms with E-state index >= 15 is 0 Å². The number of carbonyl (C=O) groups is 1. The van der Waals surface area contributed by atoms with Crippen LogP contribution in [0.4, 0.5) is 0 Å². The van der Waals surface area contributed by atoms with Crippen molar-refractivity contribution in [2.45, 2.75) is 12.3 Å². The van der Waals surface area contributed by atoms with E-state index in [0.717, 1.165) is 0 Å². The third-order valence-electron chi connectivity index (χ3n) is 2.21. The molecule has 5 heteroatoms. The fourth-order valence-corrected chi connectivity index (χ4v) is 1.31. The zero-order valence-corrected chi connectivity index (χ0v) is 11.7. The maximum Gasteiger partial charge on any atom is 0.238 e. The Balaban J connectivity index is 2.33. The summed E-state index contributed by atoms with van der Waals surface area (Å²) in [6, 6.07) is 7.33. The largest absolute Gasteiger partial charge is 0.493 e. The molecule has 0 aliphatic heterocycles. The number of rotatable bonds is 5. The Kier molecular flexibility index (Phi) is 6.62. The van der Waals surface area contributed by atoms with Crippen LogP contribution in [0.25, 0.3) is 0 Å². The molecule has 19 heavy (non-hydrogen) atoms. The quantitative estimate of drug-likeness (QED) is 0.662. The fraction of sp³-hybridized carbons (Fsp3) is 0.357. The van der Waals surface area contributed by atoms with Crippen molar-refractivity contribution in [1.82, 2.24) is 5.32 Å². The summed E-state index contributed by atoms with van der Waals surface area (Å²) < 4.78 is 10.6. The first-order chi connectivity index (χ1) is 9.15. The van der Waals surface area contributed by atoms with E-state index < -0.39 is 5.38 Å². The number of methoxy groups -OCH3 is 1. The van der Waals surface area contributed by atoms with E-state index in [4.69, 9.17) is 21.1 Å². The molecule has 0 saturated heterocycles. The molecule has 0 aliphatic carbocycles. The first-order valence-corrected chi connectivity index (χ1v) is 6.22. The number of benzene rings is 1. The predicted molar refractivity (Wildman–Crippen MR) is 74.6 cm³/mol. The minimum Gasteiger partial charge on any atom is -0.493 e. The number of halogens is 1. The number of hydrogen-bond donors (Lipinski definition) is 1. The molecule has 1 N–H and O–H groups in total. The maximum absolute atomic E-state index is 11.1. The highest BCUT2D eigenvalue weighted by atomic mass is 35.5. The fourth-order valence-electron chi connectivity index (χ4n) is 1.24. The van der Waals surface area contributed by atoms with Gasteiger partial charge in [-0.2, -0.15) is 0 Å². The van der Waals surface area contributed by atoms with Gasteiger partial charge in [-0.15, -0.1) is 11.6 Å². The lowest BCUT2D eigenvalue weighted by Gasteiger charge is -2.07. The van der Waals surface area contributed by atoms with Gasteiger partial charge in [0, 0.05) is 0 Å².